The van der Waals surface area contributed by atoms with Crippen molar-refractivity contribution in [1.82, 2.24) is 9.78 Å². The van der Waals surface area contributed by atoms with Gasteiger partial charge in [0, 0.05) is 6.20 Å². The normalized spacial score (nSPS) is 12.1. The van der Waals surface area contributed by atoms with Crippen LogP contribution in [-0.2, 0) is 4.79 Å². The molecule has 0 aliphatic heterocycles. The molecule has 0 spiro atoms. The minimum Gasteiger partial charge on any atom is -0.506 e. The van der Waals surface area contributed by atoms with Gasteiger partial charge in [0.1, 0.15) is 11.8 Å². The van der Waals surface area contributed by atoms with Crippen molar-refractivity contribution in [2.75, 3.05) is 5.32 Å². The molecule has 0 aliphatic carbocycles. The second-order valence-electron chi connectivity index (χ2n) is 4.18. The third-order valence-electron chi connectivity index (χ3n) is 2.67. The van der Waals surface area contributed by atoms with Crippen LogP contribution in [0.5, 0.6) is 5.75 Å². The van der Waals surface area contributed by atoms with Crippen molar-refractivity contribution >= 4 is 11.6 Å². The van der Waals surface area contributed by atoms with Crippen molar-refractivity contribution < 1.29 is 9.90 Å². The van der Waals surface area contributed by atoms with Crippen LogP contribution in [0.2, 0.25) is 0 Å². The molecule has 1 unspecified atom stereocenters. The van der Waals surface area contributed by atoms with Gasteiger partial charge in [-0.25, -0.2) is 0 Å². The first-order valence-electron chi connectivity index (χ1n) is 5.67. The second kappa shape index (κ2) is 4.91. The van der Waals surface area contributed by atoms with Gasteiger partial charge in [0.15, 0.2) is 0 Å². The zero-order chi connectivity index (χ0) is 13.1. The highest BCUT2D eigenvalue weighted by Gasteiger charge is 2.16. The number of aryl methyl sites for hydroxylation is 1. The van der Waals surface area contributed by atoms with Crippen LogP contribution in [0.4, 0.5) is 5.69 Å². The van der Waals surface area contributed by atoms with Crippen molar-refractivity contribution in [1.29, 1.82) is 0 Å². The standard InChI is InChI=1S/C13H15N3O2/c1-9-7-14-16(8-9)10(2)13(18)15-11-5-3-4-6-12(11)17/h3-8,10,17H,1-2H3,(H,15,18). The first kappa shape index (κ1) is 12.2. The zero-order valence-electron chi connectivity index (χ0n) is 10.3. The molecule has 0 bridgehead atoms. The second-order valence-corrected chi connectivity index (χ2v) is 4.18. The van der Waals surface area contributed by atoms with Crippen LogP contribution < -0.4 is 5.32 Å². The largest absolute Gasteiger partial charge is 0.506 e. The lowest BCUT2D eigenvalue weighted by Crippen LogP contribution is -2.24. The van der Waals surface area contributed by atoms with Crippen LogP contribution >= 0.6 is 0 Å². The Hall–Kier alpha value is -2.30. The maximum absolute atomic E-state index is 12.0. The Balaban J connectivity index is 2.11. The minimum atomic E-state index is -0.432. The number of nitrogens with zero attached hydrogens (tertiary/aromatic N) is 2. The molecule has 2 aromatic rings. The van der Waals surface area contributed by atoms with Gasteiger partial charge in [0.25, 0.3) is 0 Å². The molecule has 1 atom stereocenters. The van der Waals surface area contributed by atoms with E-state index in [1.54, 1.807) is 42.2 Å². The first-order valence-corrected chi connectivity index (χ1v) is 5.67. The summed E-state index contributed by atoms with van der Waals surface area (Å²) in [6.07, 6.45) is 3.50. The summed E-state index contributed by atoms with van der Waals surface area (Å²) in [6, 6.07) is 6.19. The molecule has 1 aromatic carbocycles. The van der Waals surface area contributed by atoms with Gasteiger partial charge in [0.2, 0.25) is 5.91 Å². The molecule has 0 fully saturated rings. The molecular formula is C13H15N3O2. The van der Waals surface area contributed by atoms with Crippen LogP contribution in [0.1, 0.15) is 18.5 Å². The number of carbonyl (C=O) groups excluding carboxylic acids is 1. The Kier molecular flexibility index (Phi) is 3.32. The van der Waals surface area contributed by atoms with E-state index in [4.69, 9.17) is 0 Å². The van der Waals surface area contributed by atoms with E-state index < -0.39 is 6.04 Å². The summed E-state index contributed by atoms with van der Waals surface area (Å²) in [5, 5.41) is 16.3. The van der Waals surface area contributed by atoms with Crippen LogP contribution in [0.25, 0.3) is 0 Å². The summed E-state index contributed by atoms with van der Waals surface area (Å²) in [5.74, 6) is -0.172. The number of anilines is 1. The number of para-hydroxylation sites is 2. The van der Waals surface area contributed by atoms with E-state index in [-0.39, 0.29) is 11.7 Å². The van der Waals surface area contributed by atoms with E-state index in [1.807, 2.05) is 6.92 Å². The predicted molar refractivity (Wildman–Crippen MR) is 68.4 cm³/mol. The third-order valence-corrected chi connectivity index (χ3v) is 2.67. The Morgan fingerprint density at radius 2 is 2.17 bits per heavy atom. The van der Waals surface area contributed by atoms with Crippen molar-refractivity contribution in [3.63, 3.8) is 0 Å². The van der Waals surface area contributed by atoms with E-state index in [9.17, 15) is 9.90 Å². The van der Waals surface area contributed by atoms with Gasteiger partial charge in [-0.2, -0.15) is 5.10 Å². The molecule has 0 saturated carbocycles. The summed E-state index contributed by atoms with van der Waals surface area (Å²) >= 11 is 0. The SMILES string of the molecule is Cc1cnn(C(C)C(=O)Nc2ccccc2O)c1. The molecule has 94 valence electrons. The molecule has 5 heteroatoms. The highest BCUT2D eigenvalue weighted by atomic mass is 16.3. The summed E-state index contributed by atoms with van der Waals surface area (Å²) in [4.78, 5) is 12.0. The molecule has 0 saturated heterocycles. The van der Waals surface area contributed by atoms with Crippen molar-refractivity contribution in [2.45, 2.75) is 19.9 Å². The van der Waals surface area contributed by atoms with Gasteiger partial charge in [0.05, 0.1) is 11.9 Å². The van der Waals surface area contributed by atoms with Gasteiger partial charge < -0.3 is 10.4 Å². The fourth-order valence-electron chi connectivity index (χ4n) is 1.58. The topological polar surface area (TPSA) is 67.2 Å². The summed E-state index contributed by atoms with van der Waals surface area (Å²) in [7, 11) is 0. The predicted octanol–water partition coefficient (Wildman–Crippen LogP) is 2.10. The number of phenolic OH excluding ortho intramolecular Hbond substituents is 1. The molecule has 1 amide bonds. The van der Waals surface area contributed by atoms with Crippen LogP contribution in [0, 0.1) is 6.92 Å². The molecule has 2 N–H and O–H groups in total. The lowest BCUT2D eigenvalue weighted by Gasteiger charge is -2.13. The molecular weight excluding hydrogens is 230 g/mol. The zero-order valence-corrected chi connectivity index (χ0v) is 10.3. The molecule has 18 heavy (non-hydrogen) atoms. The minimum absolute atomic E-state index is 0.0506. The van der Waals surface area contributed by atoms with E-state index in [1.165, 1.54) is 6.07 Å². The number of hydrogen-bond acceptors (Lipinski definition) is 3. The van der Waals surface area contributed by atoms with E-state index in [2.05, 4.69) is 10.4 Å². The lowest BCUT2D eigenvalue weighted by molar-refractivity contribution is -0.119. The number of nitrogens with one attached hydrogen (secondary N) is 1. The quantitative estimate of drug-likeness (QED) is 0.814. The van der Waals surface area contributed by atoms with Crippen LogP contribution in [-0.4, -0.2) is 20.8 Å². The highest BCUT2D eigenvalue weighted by molar-refractivity contribution is 5.94. The Morgan fingerprint density at radius 1 is 1.44 bits per heavy atom. The van der Waals surface area contributed by atoms with Crippen molar-refractivity contribution in [3.05, 3.63) is 42.2 Å². The Bertz CT molecular complexity index is 563. The van der Waals surface area contributed by atoms with Gasteiger partial charge in [-0.1, -0.05) is 12.1 Å². The maximum Gasteiger partial charge on any atom is 0.249 e. The number of benzene rings is 1. The smallest absolute Gasteiger partial charge is 0.249 e. The van der Waals surface area contributed by atoms with Crippen LogP contribution in [0.3, 0.4) is 0 Å². The number of carbonyl (C=O) groups is 1. The lowest BCUT2D eigenvalue weighted by atomic mass is 10.2. The summed E-state index contributed by atoms with van der Waals surface area (Å²) < 4.78 is 1.59. The number of phenols is 1. The Labute approximate surface area is 105 Å². The van der Waals surface area contributed by atoms with Gasteiger partial charge in [-0.3, -0.25) is 9.48 Å². The van der Waals surface area contributed by atoms with Crippen molar-refractivity contribution in [2.24, 2.45) is 0 Å². The van der Waals surface area contributed by atoms with E-state index in [0.717, 1.165) is 5.56 Å². The van der Waals surface area contributed by atoms with Gasteiger partial charge in [-0.15, -0.1) is 0 Å². The Morgan fingerprint density at radius 3 is 2.78 bits per heavy atom. The van der Waals surface area contributed by atoms with Crippen LogP contribution in [0.15, 0.2) is 36.7 Å². The summed E-state index contributed by atoms with van der Waals surface area (Å²) in [5.41, 5.74) is 1.40. The first-order chi connectivity index (χ1) is 8.58. The molecule has 2 rings (SSSR count). The number of aromatic hydroxyl groups is 1. The monoisotopic (exact) mass is 245 g/mol. The molecule has 1 aromatic heterocycles. The van der Waals surface area contributed by atoms with Gasteiger partial charge in [-0.05, 0) is 31.5 Å². The fourth-order valence-corrected chi connectivity index (χ4v) is 1.58. The maximum atomic E-state index is 12.0. The highest BCUT2D eigenvalue weighted by Crippen LogP contribution is 2.22. The number of amides is 1. The number of rotatable bonds is 3. The van der Waals surface area contributed by atoms with Gasteiger partial charge >= 0.3 is 0 Å². The average molecular weight is 245 g/mol. The number of aromatic nitrogens is 2. The molecule has 5 nitrogen and oxygen atoms in total. The number of hydrogen-bond donors (Lipinski definition) is 2. The molecule has 0 aliphatic rings. The van der Waals surface area contributed by atoms with Crippen molar-refractivity contribution in [3.8, 4) is 5.75 Å². The molecule has 1 heterocycles. The van der Waals surface area contributed by atoms with E-state index in [0.29, 0.717) is 5.69 Å². The molecule has 0 radical (unpaired) electrons. The van der Waals surface area contributed by atoms with E-state index >= 15 is 0 Å². The third kappa shape index (κ3) is 2.51. The average Bonchev–Trinajstić information content (AvgIpc) is 2.78. The summed E-state index contributed by atoms with van der Waals surface area (Å²) in [6.45, 7) is 3.67. The fraction of sp³-hybridized carbons (Fsp3) is 0.231.